The lowest BCUT2D eigenvalue weighted by Gasteiger charge is -2.24. The number of likely N-dealkylation sites (tertiary alicyclic amines) is 1. The van der Waals surface area contributed by atoms with Gasteiger partial charge in [0.1, 0.15) is 11.8 Å². The molecule has 1 aliphatic heterocycles. The molecule has 0 unspecified atom stereocenters. The van der Waals surface area contributed by atoms with Crippen LogP contribution in [0, 0.1) is 10.1 Å². The first-order valence-electron chi connectivity index (χ1n) is 9.13. The van der Waals surface area contributed by atoms with Gasteiger partial charge in [0.15, 0.2) is 0 Å². The average Bonchev–Trinajstić information content (AvgIpc) is 3.21. The van der Waals surface area contributed by atoms with E-state index in [1.54, 1.807) is 7.11 Å². The maximum absolute atomic E-state index is 12.2. The summed E-state index contributed by atoms with van der Waals surface area (Å²) in [5.74, 6) is 0.113. The largest absolute Gasteiger partial charge is 0.867 e. The zero-order chi connectivity index (χ0) is 20.1. The lowest BCUT2D eigenvalue weighted by Crippen LogP contribution is -3.10. The van der Waals surface area contributed by atoms with Crippen LogP contribution in [0.1, 0.15) is 30.0 Å². The van der Waals surface area contributed by atoms with E-state index in [2.05, 4.69) is 11.1 Å². The van der Waals surface area contributed by atoms with Gasteiger partial charge < -0.3 is 14.7 Å². The summed E-state index contributed by atoms with van der Waals surface area (Å²) in [4.78, 5) is 16.2. The van der Waals surface area contributed by atoms with Gasteiger partial charge in [0, 0.05) is 35.7 Å². The molecule has 148 valence electrons. The van der Waals surface area contributed by atoms with Crippen LogP contribution in [0.4, 0.5) is 5.69 Å². The second-order valence-electron chi connectivity index (χ2n) is 6.79. The van der Waals surface area contributed by atoms with Gasteiger partial charge in [-0.25, -0.2) is 0 Å². The summed E-state index contributed by atoms with van der Waals surface area (Å²) < 4.78 is 5.34. The number of nitrogens with zero attached hydrogens (tertiary/aromatic N) is 2. The number of nitro benzene ring substituents is 1. The first kappa shape index (κ1) is 20.1. The van der Waals surface area contributed by atoms with E-state index in [9.17, 15) is 15.2 Å². The van der Waals surface area contributed by atoms with Crippen molar-refractivity contribution in [3.8, 4) is 11.5 Å². The minimum Gasteiger partial charge on any atom is -0.867 e. The summed E-state index contributed by atoms with van der Waals surface area (Å²) in [5, 5.41) is 23.4. The first-order chi connectivity index (χ1) is 13.5. The van der Waals surface area contributed by atoms with Crippen LogP contribution in [-0.2, 0) is 0 Å². The van der Waals surface area contributed by atoms with Crippen LogP contribution in [0.15, 0.2) is 41.4 Å². The Labute approximate surface area is 168 Å². The Balaban J connectivity index is 1.85. The molecule has 0 saturated carbocycles. The molecule has 0 aliphatic carbocycles. The van der Waals surface area contributed by atoms with Crippen molar-refractivity contribution in [1.29, 1.82) is 0 Å². The fourth-order valence-electron chi connectivity index (χ4n) is 3.59. The molecule has 1 fully saturated rings. The summed E-state index contributed by atoms with van der Waals surface area (Å²) in [6, 6.07) is 10.5. The molecule has 0 aromatic heterocycles. The molecule has 7 nitrogen and oxygen atoms in total. The van der Waals surface area contributed by atoms with Crippen LogP contribution in [0.3, 0.4) is 0 Å². The Morgan fingerprint density at radius 1 is 1.32 bits per heavy atom. The molecule has 3 rings (SSSR count). The second-order valence-corrected chi connectivity index (χ2v) is 7.23. The summed E-state index contributed by atoms with van der Waals surface area (Å²) in [6.45, 7) is 2.59. The molecule has 1 heterocycles. The number of methoxy groups -OCH3 is 1. The number of ether oxygens (including phenoxy) is 1. The zero-order valence-corrected chi connectivity index (χ0v) is 16.3. The van der Waals surface area contributed by atoms with E-state index >= 15 is 0 Å². The third-order valence-corrected chi connectivity index (χ3v) is 5.23. The van der Waals surface area contributed by atoms with E-state index in [4.69, 9.17) is 16.3 Å². The second kappa shape index (κ2) is 9.03. The highest BCUT2D eigenvalue weighted by atomic mass is 35.5. The molecule has 1 N–H and O–H groups in total. The number of hydrogen-bond donors (Lipinski definition) is 1. The highest BCUT2D eigenvalue weighted by Gasteiger charge is 2.27. The number of halogens is 1. The van der Waals surface area contributed by atoms with Crippen molar-refractivity contribution < 1.29 is 19.7 Å². The predicted molar refractivity (Wildman–Crippen MR) is 106 cm³/mol. The average molecular weight is 404 g/mol. The van der Waals surface area contributed by atoms with Gasteiger partial charge in [0.25, 0.3) is 5.69 Å². The molecule has 1 atom stereocenters. The first-order valence-corrected chi connectivity index (χ1v) is 9.50. The summed E-state index contributed by atoms with van der Waals surface area (Å²) in [5.41, 5.74) is 0.705. The molecule has 0 bridgehead atoms. The maximum Gasteiger partial charge on any atom is 0.263 e. The third kappa shape index (κ3) is 4.61. The highest BCUT2D eigenvalue weighted by Crippen LogP contribution is 2.30. The quantitative estimate of drug-likeness (QED) is 0.435. The van der Waals surface area contributed by atoms with Crippen LogP contribution in [0.25, 0.3) is 0 Å². The van der Waals surface area contributed by atoms with Crippen molar-refractivity contribution in [1.82, 2.24) is 0 Å². The van der Waals surface area contributed by atoms with E-state index < -0.39 is 16.4 Å². The molecule has 28 heavy (non-hydrogen) atoms. The number of benzene rings is 2. The van der Waals surface area contributed by atoms with Gasteiger partial charge in [0.05, 0.1) is 31.7 Å². The van der Waals surface area contributed by atoms with E-state index in [0.717, 1.165) is 30.5 Å². The van der Waals surface area contributed by atoms with Crippen LogP contribution in [-0.4, -0.2) is 37.9 Å². The van der Waals surface area contributed by atoms with Crippen LogP contribution in [0.5, 0.6) is 11.5 Å². The summed E-state index contributed by atoms with van der Waals surface area (Å²) >= 11 is 5.92. The van der Waals surface area contributed by atoms with E-state index in [-0.39, 0.29) is 16.6 Å². The van der Waals surface area contributed by atoms with Crippen LogP contribution >= 0.6 is 11.6 Å². The van der Waals surface area contributed by atoms with Crippen LogP contribution < -0.4 is 14.7 Å². The maximum atomic E-state index is 12.2. The number of rotatable bonds is 7. The zero-order valence-electron chi connectivity index (χ0n) is 15.6. The van der Waals surface area contributed by atoms with E-state index in [1.165, 1.54) is 30.0 Å². The topological polar surface area (TPSA) is 92.2 Å². The smallest absolute Gasteiger partial charge is 0.263 e. The van der Waals surface area contributed by atoms with Crippen LogP contribution in [0.2, 0.25) is 5.02 Å². The van der Waals surface area contributed by atoms with Crippen molar-refractivity contribution in [2.24, 2.45) is 4.99 Å². The summed E-state index contributed by atoms with van der Waals surface area (Å²) in [6.07, 6.45) is 3.74. The van der Waals surface area contributed by atoms with Gasteiger partial charge in [-0.15, -0.1) is 0 Å². The van der Waals surface area contributed by atoms with Crippen molar-refractivity contribution in [2.45, 2.75) is 18.9 Å². The molecule has 1 aliphatic rings. The van der Waals surface area contributed by atoms with Crippen molar-refractivity contribution in [3.05, 3.63) is 62.7 Å². The number of hydrogen-bond acceptors (Lipinski definition) is 5. The Hall–Kier alpha value is -2.64. The number of nitro groups is 1. The lowest BCUT2D eigenvalue weighted by atomic mass is 10.1. The van der Waals surface area contributed by atoms with E-state index in [0.29, 0.717) is 6.54 Å². The Kier molecular flexibility index (Phi) is 6.49. The van der Waals surface area contributed by atoms with Gasteiger partial charge in [-0.1, -0.05) is 23.7 Å². The molecule has 1 saturated heterocycles. The number of aliphatic imine (C=N–C) groups is 1. The Morgan fingerprint density at radius 2 is 2.07 bits per heavy atom. The lowest BCUT2D eigenvalue weighted by molar-refractivity contribution is -0.918. The molecule has 2 aromatic rings. The molecular formula is C20H22ClN3O4. The van der Waals surface area contributed by atoms with Gasteiger partial charge >= 0.3 is 0 Å². The van der Waals surface area contributed by atoms with Gasteiger partial charge in [-0.2, -0.15) is 0 Å². The predicted octanol–water partition coefficient (Wildman–Crippen LogP) is 2.17. The van der Waals surface area contributed by atoms with Gasteiger partial charge in [0.2, 0.25) is 0 Å². The fraction of sp³-hybridized carbons (Fsp3) is 0.350. The molecule has 0 radical (unpaired) electrons. The molecule has 8 heteroatoms. The minimum absolute atomic E-state index is 0.123. The fourth-order valence-corrected chi connectivity index (χ4v) is 3.81. The van der Waals surface area contributed by atoms with Gasteiger partial charge in [-0.05, 0) is 29.5 Å². The monoisotopic (exact) mass is 403 g/mol. The summed E-state index contributed by atoms with van der Waals surface area (Å²) in [7, 11) is 1.64. The molecule has 2 aromatic carbocycles. The highest BCUT2D eigenvalue weighted by molar-refractivity contribution is 6.31. The Bertz CT molecular complexity index is 882. The van der Waals surface area contributed by atoms with Crippen molar-refractivity contribution >= 4 is 23.5 Å². The van der Waals surface area contributed by atoms with E-state index in [1.807, 2.05) is 18.2 Å². The van der Waals surface area contributed by atoms with Crippen molar-refractivity contribution in [2.75, 3.05) is 26.7 Å². The molecule has 0 amide bonds. The number of nitrogens with one attached hydrogen (secondary N) is 1. The van der Waals surface area contributed by atoms with Gasteiger partial charge in [-0.3, -0.25) is 15.1 Å². The SMILES string of the molecule is COc1cccc([C@@H](CN=Cc2cc(Cl)cc([N+](=O)[O-])c2[O-])[NH+]2CCCC2)c1. The Morgan fingerprint density at radius 3 is 2.75 bits per heavy atom. The molecular weight excluding hydrogens is 382 g/mol. The minimum atomic E-state index is -0.723. The third-order valence-electron chi connectivity index (χ3n) is 5.01. The number of quaternary nitrogens is 1. The van der Waals surface area contributed by atoms with Crippen molar-refractivity contribution in [3.63, 3.8) is 0 Å². The molecule has 0 spiro atoms. The normalized spacial score (nSPS) is 15.8. The standard InChI is InChI=1S/C20H22ClN3O4/c1-28-17-6-4-5-14(10-17)19(23-7-2-3-8-23)13-22-12-15-9-16(21)11-18(20(15)25)24(26)27/h4-6,9-12,19,25H,2-3,7-8,13H2,1H3/t19-/m1/s1.